The smallest absolute Gasteiger partial charge is 0.134 e. The summed E-state index contributed by atoms with van der Waals surface area (Å²) in [6.07, 6.45) is 1.72. The number of benzene rings is 2. The van der Waals surface area contributed by atoms with Crippen LogP contribution in [0.3, 0.4) is 0 Å². The van der Waals surface area contributed by atoms with E-state index in [0.29, 0.717) is 18.2 Å². The van der Waals surface area contributed by atoms with Gasteiger partial charge < -0.3 is 14.9 Å². The lowest BCUT2D eigenvalue weighted by Crippen LogP contribution is -1.99. The molecule has 0 amide bonds. The van der Waals surface area contributed by atoms with E-state index in [4.69, 9.17) is 26.5 Å². The van der Waals surface area contributed by atoms with E-state index >= 15 is 0 Å². The zero-order valence-electron chi connectivity index (χ0n) is 10.8. The average molecular weight is 288 g/mol. The second-order valence-corrected chi connectivity index (χ2v) is 4.93. The second kappa shape index (κ2) is 5.57. The summed E-state index contributed by atoms with van der Waals surface area (Å²) < 4.78 is 11.3. The molecule has 102 valence electrons. The highest BCUT2D eigenvalue weighted by molar-refractivity contribution is 6.30. The molecule has 3 rings (SSSR count). The molecule has 0 bridgehead atoms. The molecule has 3 aromatic rings. The van der Waals surface area contributed by atoms with Crippen molar-refractivity contribution in [3.63, 3.8) is 0 Å². The maximum absolute atomic E-state index is 5.84. The molecule has 0 aliphatic rings. The number of rotatable bonds is 4. The summed E-state index contributed by atoms with van der Waals surface area (Å²) in [6.45, 7) is 0.913. The molecule has 0 aliphatic heterocycles. The average Bonchev–Trinajstić information content (AvgIpc) is 2.90. The lowest BCUT2D eigenvalue weighted by Gasteiger charge is -2.06. The van der Waals surface area contributed by atoms with Crippen molar-refractivity contribution in [1.29, 1.82) is 0 Å². The van der Waals surface area contributed by atoms with Crippen LogP contribution in [-0.2, 0) is 13.2 Å². The molecular formula is C16H14ClNO2. The normalized spacial score (nSPS) is 10.9. The molecule has 0 atom stereocenters. The third-order valence-electron chi connectivity index (χ3n) is 3.19. The fourth-order valence-electron chi connectivity index (χ4n) is 2.20. The van der Waals surface area contributed by atoms with E-state index in [1.165, 1.54) is 0 Å². The van der Waals surface area contributed by atoms with Crippen molar-refractivity contribution in [2.75, 3.05) is 0 Å². The Balaban J connectivity index is 1.86. The van der Waals surface area contributed by atoms with Crippen LogP contribution in [-0.4, -0.2) is 0 Å². The maximum atomic E-state index is 5.84. The number of furan rings is 1. The molecule has 0 fully saturated rings. The van der Waals surface area contributed by atoms with Crippen molar-refractivity contribution in [2.24, 2.45) is 5.73 Å². The van der Waals surface area contributed by atoms with Gasteiger partial charge in [0.15, 0.2) is 0 Å². The molecule has 1 aromatic heterocycles. The van der Waals surface area contributed by atoms with E-state index in [2.05, 4.69) is 0 Å². The Hall–Kier alpha value is -1.97. The zero-order valence-corrected chi connectivity index (χ0v) is 11.6. The summed E-state index contributed by atoms with van der Waals surface area (Å²) in [5.41, 5.74) is 8.66. The van der Waals surface area contributed by atoms with Crippen LogP contribution in [0.25, 0.3) is 11.0 Å². The molecular weight excluding hydrogens is 274 g/mol. The Labute approximate surface area is 121 Å². The molecule has 0 spiro atoms. The monoisotopic (exact) mass is 287 g/mol. The number of hydrogen-bond acceptors (Lipinski definition) is 3. The molecule has 0 saturated heterocycles. The predicted molar refractivity (Wildman–Crippen MR) is 79.9 cm³/mol. The van der Waals surface area contributed by atoms with E-state index in [1.807, 2.05) is 30.3 Å². The van der Waals surface area contributed by atoms with Gasteiger partial charge in [0, 0.05) is 22.5 Å². The van der Waals surface area contributed by atoms with Gasteiger partial charge in [0.25, 0.3) is 0 Å². The van der Waals surface area contributed by atoms with Crippen LogP contribution in [0.1, 0.15) is 11.1 Å². The molecule has 0 aliphatic carbocycles. The van der Waals surface area contributed by atoms with Crippen LogP contribution < -0.4 is 10.5 Å². The van der Waals surface area contributed by atoms with Gasteiger partial charge in [-0.2, -0.15) is 0 Å². The van der Waals surface area contributed by atoms with Crippen LogP contribution in [0.4, 0.5) is 0 Å². The van der Waals surface area contributed by atoms with Gasteiger partial charge in [-0.15, -0.1) is 0 Å². The van der Waals surface area contributed by atoms with E-state index in [-0.39, 0.29) is 0 Å². The first-order valence-electron chi connectivity index (χ1n) is 6.34. The van der Waals surface area contributed by atoms with E-state index in [1.54, 1.807) is 18.4 Å². The summed E-state index contributed by atoms with van der Waals surface area (Å²) in [6, 6.07) is 13.2. The summed E-state index contributed by atoms with van der Waals surface area (Å²) in [5, 5.41) is 1.74. The van der Waals surface area contributed by atoms with Gasteiger partial charge in [-0.25, -0.2) is 0 Å². The molecule has 1 heterocycles. The predicted octanol–water partition coefficient (Wildman–Crippen LogP) is 4.12. The van der Waals surface area contributed by atoms with Gasteiger partial charge in [-0.05, 0) is 35.9 Å². The van der Waals surface area contributed by atoms with E-state index in [0.717, 1.165) is 27.8 Å². The highest BCUT2D eigenvalue weighted by atomic mass is 35.5. The molecule has 0 saturated carbocycles. The van der Waals surface area contributed by atoms with E-state index in [9.17, 15) is 0 Å². The Kier molecular flexibility index (Phi) is 3.63. The van der Waals surface area contributed by atoms with Crippen LogP contribution in [0.15, 0.2) is 53.1 Å². The molecule has 0 unspecified atom stereocenters. The minimum absolute atomic E-state index is 0.436. The molecule has 20 heavy (non-hydrogen) atoms. The van der Waals surface area contributed by atoms with Crippen molar-refractivity contribution in [3.8, 4) is 5.75 Å². The third kappa shape index (κ3) is 2.50. The summed E-state index contributed by atoms with van der Waals surface area (Å²) in [4.78, 5) is 0. The van der Waals surface area contributed by atoms with Crippen molar-refractivity contribution in [1.82, 2.24) is 0 Å². The van der Waals surface area contributed by atoms with Gasteiger partial charge in [0.2, 0.25) is 0 Å². The van der Waals surface area contributed by atoms with Gasteiger partial charge in [-0.3, -0.25) is 0 Å². The summed E-state index contributed by atoms with van der Waals surface area (Å²) >= 11 is 5.84. The first-order chi connectivity index (χ1) is 9.78. The summed E-state index contributed by atoms with van der Waals surface area (Å²) in [7, 11) is 0. The standard InChI is InChI=1S/C16H14ClNO2/c17-13-4-6-14(7-5-13)19-9-12-10-20-15-3-1-2-11(8-18)16(12)15/h1-7,10H,8-9,18H2. The Morgan fingerprint density at radius 2 is 1.85 bits per heavy atom. The van der Waals surface area contributed by atoms with E-state index < -0.39 is 0 Å². The largest absolute Gasteiger partial charge is 0.489 e. The molecule has 2 N–H and O–H groups in total. The molecule has 2 aromatic carbocycles. The lowest BCUT2D eigenvalue weighted by atomic mass is 10.1. The SMILES string of the molecule is NCc1cccc2occ(COc3ccc(Cl)cc3)c12. The number of ether oxygens (including phenoxy) is 1. The topological polar surface area (TPSA) is 48.4 Å². The quantitative estimate of drug-likeness (QED) is 0.785. The van der Waals surface area contributed by atoms with Crippen molar-refractivity contribution >= 4 is 22.6 Å². The molecule has 0 radical (unpaired) electrons. The summed E-state index contributed by atoms with van der Waals surface area (Å²) in [5.74, 6) is 0.772. The van der Waals surface area contributed by atoms with Crippen LogP contribution >= 0.6 is 11.6 Å². The number of halogens is 1. The second-order valence-electron chi connectivity index (χ2n) is 4.50. The molecule has 3 nitrogen and oxygen atoms in total. The highest BCUT2D eigenvalue weighted by Gasteiger charge is 2.10. The third-order valence-corrected chi connectivity index (χ3v) is 3.44. The number of nitrogens with two attached hydrogens (primary N) is 1. The zero-order chi connectivity index (χ0) is 13.9. The van der Waals surface area contributed by atoms with Gasteiger partial charge in [0.1, 0.15) is 17.9 Å². The minimum Gasteiger partial charge on any atom is -0.489 e. The number of hydrogen-bond donors (Lipinski definition) is 1. The van der Waals surface area contributed by atoms with Gasteiger partial charge >= 0.3 is 0 Å². The van der Waals surface area contributed by atoms with Crippen molar-refractivity contribution < 1.29 is 9.15 Å². The Morgan fingerprint density at radius 3 is 2.60 bits per heavy atom. The first kappa shape index (κ1) is 13.0. The Bertz CT molecular complexity index is 719. The maximum Gasteiger partial charge on any atom is 0.134 e. The minimum atomic E-state index is 0.436. The highest BCUT2D eigenvalue weighted by Crippen LogP contribution is 2.26. The lowest BCUT2D eigenvalue weighted by molar-refractivity contribution is 0.306. The van der Waals surface area contributed by atoms with Gasteiger partial charge in [-0.1, -0.05) is 23.7 Å². The molecule has 4 heteroatoms. The van der Waals surface area contributed by atoms with Crippen molar-refractivity contribution in [2.45, 2.75) is 13.2 Å². The Morgan fingerprint density at radius 1 is 1.05 bits per heavy atom. The van der Waals surface area contributed by atoms with Crippen LogP contribution in [0.2, 0.25) is 5.02 Å². The van der Waals surface area contributed by atoms with Crippen LogP contribution in [0, 0.1) is 0 Å². The van der Waals surface area contributed by atoms with Crippen LogP contribution in [0.5, 0.6) is 5.75 Å². The fraction of sp³-hybridized carbons (Fsp3) is 0.125. The van der Waals surface area contributed by atoms with Gasteiger partial charge in [0.05, 0.1) is 6.26 Å². The number of fused-ring (bicyclic) bond motifs is 1. The van der Waals surface area contributed by atoms with Crippen molar-refractivity contribution in [3.05, 3.63) is 64.9 Å². The fourth-order valence-corrected chi connectivity index (χ4v) is 2.33. The first-order valence-corrected chi connectivity index (χ1v) is 6.72.